The molecule has 0 atom stereocenters. The average molecular weight is 148 g/mol. The maximum absolute atomic E-state index is 2.18. The van der Waals surface area contributed by atoms with Gasteiger partial charge in [-0.1, -0.05) is 12.1 Å². The molecule has 2 aliphatic rings. The lowest BCUT2D eigenvalue weighted by molar-refractivity contribution is 1.55. The van der Waals surface area contributed by atoms with E-state index in [9.17, 15) is 0 Å². The molecule has 0 bridgehead atoms. The zero-order chi connectivity index (χ0) is 6.97. The van der Waals surface area contributed by atoms with Crippen molar-refractivity contribution in [3.63, 3.8) is 0 Å². The number of fused-ring (bicyclic) bond motifs is 1. The van der Waals surface area contributed by atoms with E-state index in [0.29, 0.717) is 0 Å². The fourth-order valence-electron chi connectivity index (χ4n) is 1.17. The van der Waals surface area contributed by atoms with Crippen LogP contribution in [-0.4, -0.2) is 0 Å². The fraction of sp³-hybridized carbons (Fsp3) is 0.111. The molecule has 0 spiro atoms. The van der Waals surface area contributed by atoms with Crippen LogP contribution in [0.2, 0.25) is 0 Å². The van der Waals surface area contributed by atoms with E-state index in [1.165, 1.54) is 16.7 Å². The SMILES string of the molecule is Cc1ccc2csccc1-2. The van der Waals surface area contributed by atoms with E-state index in [0.717, 1.165) is 0 Å². The van der Waals surface area contributed by atoms with E-state index in [2.05, 4.69) is 35.9 Å². The molecule has 0 saturated heterocycles. The third-order valence-corrected chi connectivity index (χ3v) is 2.44. The zero-order valence-corrected chi connectivity index (χ0v) is 6.61. The minimum absolute atomic E-state index is 1.37. The molecule has 0 saturated carbocycles. The van der Waals surface area contributed by atoms with Gasteiger partial charge in [0.15, 0.2) is 0 Å². The van der Waals surface area contributed by atoms with Crippen LogP contribution in [0.4, 0.5) is 0 Å². The van der Waals surface area contributed by atoms with Gasteiger partial charge in [0.25, 0.3) is 0 Å². The second-order valence-corrected chi connectivity index (χ2v) is 3.22. The quantitative estimate of drug-likeness (QED) is 0.538. The maximum atomic E-state index is 2.18. The van der Waals surface area contributed by atoms with Gasteiger partial charge in [-0.3, -0.25) is 0 Å². The Hall–Kier alpha value is -0.820. The van der Waals surface area contributed by atoms with E-state index < -0.39 is 0 Å². The van der Waals surface area contributed by atoms with Gasteiger partial charge in [-0.2, -0.15) is 11.3 Å². The normalized spacial score (nSPS) is 10.5. The Bertz CT molecular complexity index is 309. The van der Waals surface area contributed by atoms with Crippen molar-refractivity contribution in [2.24, 2.45) is 0 Å². The first-order valence-corrected chi connectivity index (χ1v) is 4.24. The van der Waals surface area contributed by atoms with Crippen molar-refractivity contribution in [1.29, 1.82) is 0 Å². The summed E-state index contributed by atoms with van der Waals surface area (Å²) in [7, 11) is 0. The van der Waals surface area contributed by atoms with E-state index in [4.69, 9.17) is 0 Å². The van der Waals surface area contributed by atoms with Crippen LogP contribution < -0.4 is 0 Å². The lowest BCUT2D eigenvalue weighted by Gasteiger charge is -1.95. The molecule has 50 valence electrons. The molecule has 1 heterocycles. The van der Waals surface area contributed by atoms with Gasteiger partial charge in [0.1, 0.15) is 0 Å². The number of hydrogen-bond acceptors (Lipinski definition) is 1. The van der Waals surface area contributed by atoms with E-state index in [1.807, 2.05) is 0 Å². The highest BCUT2D eigenvalue weighted by Gasteiger charge is 2.02. The highest BCUT2D eigenvalue weighted by Crippen LogP contribution is 2.27. The van der Waals surface area contributed by atoms with Gasteiger partial charge >= 0.3 is 0 Å². The van der Waals surface area contributed by atoms with E-state index >= 15 is 0 Å². The Labute approximate surface area is 64.5 Å². The molecule has 10 heavy (non-hydrogen) atoms. The van der Waals surface area contributed by atoms with Gasteiger partial charge in [-0.15, -0.1) is 0 Å². The van der Waals surface area contributed by atoms with Crippen molar-refractivity contribution in [2.75, 3.05) is 0 Å². The van der Waals surface area contributed by atoms with Crippen LogP contribution in [0.1, 0.15) is 5.56 Å². The number of hydrogen-bond donors (Lipinski definition) is 0. The Morgan fingerprint density at radius 1 is 1.20 bits per heavy atom. The molecule has 0 fully saturated rings. The average Bonchev–Trinajstić information content (AvgIpc) is 2.34. The molecule has 0 radical (unpaired) electrons. The first-order chi connectivity index (χ1) is 4.88. The predicted molar refractivity (Wildman–Crippen MR) is 45.7 cm³/mol. The maximum Gasteiger partial charge on any atom is -0.00149 e. The topological polar surface area (TPSA) is 0 Å². The first kappa shape index (κ1) is 5.93. The summed E-state index contributed by atoms with van der Waals surface area (Å²) < 4.78 is 0. The highest BCUT2D eigenvalue weighted by molar-refractivity contribution is 7.07. The van der Waals surface area contributed by atoms with Crippen molar-refractivity contribution in [3.05, 3.63) is 34.5 Å². The monoisotopic (exact) mass is 148 g/mol. The minimum atomic E-state index is 1.37. The molecule has 0 aromatic heterocycles. The van der Waals surface area contributed by atoms with Gasteiger partial charge in [0.05, 0.1) is 0 Å². The summed E-state index contributed by atoms with van der Waals surface area (Å²) >= 11 is 1.75. The summed E-state index contributed by atoms with van der Waals surface area (Å²) in [6, 6.07) is 6.51. The summed E-state index contributed by atoms with van der Waals surface area (Å²) in [5.74, 6) is 0. The van der Waals surface area contributed by atoms with Crippen LogP contribution >= 0.6 is 11.3 Å². The molecule has 2 rings (SSSR count). The molecule has 1 heteroatoms. The van der Waals surface area contributed by atoms with Crippen molar-refractivity contribution in [3.8, 4) is 11.1 Å². The van der Waals surface area contributed by atoms with Crippen molar-refractivity contribution >= 4 is 11.3 Å². The van der Waals surface area contributed by atoms with Crippen LogP contribution in [0.15, 0.2) is 29.0 Å². The predicted octanol–water partition coefficient (Wildman–Crippen LogP) is 3.16. The lowest BCUT2D eigenvalue weighted by atomic mass is 10.1. The second-order valence-electron chi connectivity index (χ2n) is 2.44. The Kier molecular flexibility index (Phi) is 1.24. The summed E-state index contributed by atoms with van der Waals surface area (Å²) in [5.41, 5.74) is 4.13. The fourth-order valence-corrected chi connectivity index (χ4v) is 1.82. The molecule has 0 nitrogen and oxygen atoms in total. The molecular weight excluding hydrogens is 140 g/mol. The Morgan fingerprint density at radius 2 is 2.10 bits per heavy atom. The van der Waals surface area contributed by atoms with Crippen LogP contribution in [0.5, 0.6) is 0 Å². The molecule has 0 unspecified atom stereocenters. The van der Waals surface area contributed by atoms with Crippen LogP contribution in [0.25, 0.3) is 11.1 Å². The third-order valence-electron chi connectivity index (χ3n) is 1.76. The first-order valence-electron chi connectivity index (χ1n) is 3.29. The standard InChI is InChI=1S/C9H8S/c1-7-2-3-8-6-10-5-4-9(7)8/h2-6H,1H3. The van der Waals surface area contributed by atoms with Gasteiger partial charge in [0.2, 0.25) is 0 Å². The molecular formula is C9H8S. The number of rotatable bonds is 0. The summed E-state index contributed by atoms with van der Waals surface area (Å²) in [6.45, 7) is 2.15. The molecule has 1 aliphatic carbocycles. The van der Waals surface area contributed by atoms with E-state index in [-0.39, 0.29) is 0 Å². The highest BCUT2D eigenvalue weighted by atomic mass is 32.1. The van der Waals surface area contributed by atoms with Gasteiger partial charge in [-0.25, -0.2) is 0 Å². The van der Waals surface area contributed by atoms with Crippen molar-refractivity contribution in [2.45, 2.75) is 6.92 Å². The molecule has 0 aromatic carbocycles. The largest absolute Gasteiger partial charge is 0.152 e. The third kappa shape index (κ3) is 0.745. The molecule has 0 N–H and O–H groups in total. The van der Waals surface area contributed by atoms with Crippen LogP contribution in [0, 0.1) is 6.92 Å². The Morgan fingerprint density at radius 3 is 2.90 bits per heavy atom. The van der Waals surface area contributed by atoms with E-state index in [1.54, 1.807) is 11.3 Å². The van der Waals surface area contributed by atoms with Gasteiger partial charge in [0, 0.05) is 0 Å². The smallest absolute Gasteiger partial charge is 0.00149 e. The van der Waals surface area contributed by atoms with Crippen molar-refractivity contribution < 1.29 is 0 Å². The summed E-state index contributed by atoms with van der Waals surface area (Å²) in [4.78, 5) is 0. The Balaban J connectivity index is 2.78. The van der Waals surface area contributed by atoms with Crippen molar-refractivity contribution in [1.82, 2.24) is 0 Å². The van der Waals surface area contributed by atoms with Crippen LogP contribution in [0.3, 0.4) is 0 Å². The minimum Gasteiger partial charge on any atom is -0.152 e. The lowest BCUT2D eigenvalue weighted by Crippen LogP contribution is -1.70. The molecule has 0 aromatic rings. The second kappa shape index (κ2) is 2.10. The summed E-state index contributed by atoms with van der Waals surface area (Å²) in [5, 5.41) is 4.30. The number of aryl methyl sites for hydroxylation is 1. The molecule has 1 aliphatic heterocycles. The van der Waals surface area contributed by atoms with Crippen LogP contribution in [-0.2, 0) is 0 Å². The summed E-state index contributed by atoms with van der Waals surface area (Å²) in [6.07, 6.45) is 0. The van der Waals surface area contributed by atoms with Gasteiger partial charge < -0.3 is 0 Å². The zero-order valence-electron chi connectivity index (χ0n) is 5.79. The van der Waals surface area contributed by atoms with Gasteiger partial charge in [-0.05, 0) is 40.4 Å². The molecule has 0 amide bonds.